The maximum Gasteiger partial charge on any atom is 0.416 e. The number of carbonyl (C=O) groups is 2. The number of hydrogen-bond donors (Lipinski definition) is 0. The molecule has 1 saturated heterocycles. The number of halogens is 3. The van der Waals surface area contributed by atoms with Gasteiger partial charge in [0, 0.05) is 29.6 Å². The number of nitrogens with zero attached hydrogens (tertiary/aromatic N) is 1. The van der Waals surface area contributed by atoms with Gasteiger partial charge in [-0.25, -0.2) is 0 Å². The van der Waals surface area contributed by atoms with Gasteiger partial charge in [0.2, 0.25) is 0 Å². The standard InChI is InChI=1S/C34H38F3NO3/c1-23(2)9-18-30(25-10-12-28(13-11-25)33(40)27-7-5-4-6-8-27)38-20-19-24(22-32(39)41-3)21-31(38)26-14-16-29(17-15-26)34(35,36)37/h4-8,10-17,23-24,30-31H,9,18-22H2,1-3H3/t24?,30-,31+/m1/s1. The highest BCUT2D eigenvalue weighted by molar-refractivity contribution is 6.08. The van der Waals surface area contributed by atoms with E-state index in [1.165, 1.54) is 7.11 Å². The zero-order valence-corrected chi connectivity index (χ0v) is 23.9. The molecule has 0 radical (unpaired) electrons. The first kappa shape index (κ1) is 30.5. The second-order valence-corrected chi connectivity index (χ2v) is 11.3. The van der Waals surface area contributed by atoms with E-state index in [0.717, 1.165) is 42.5 Å². The summed E-state index contributed by atoms with van der Waals surface area (Å²) in [4.78, 5) is 27.5. The van der Waals surface area contributed by atoms with Gasteiger partial charge in [-0.15, -0.1) is 0 Å². The molecule has 0 aliphatic carbocycles. The molecule has 1 aliphatic heterocycles. The van der Waals surface area contributed by atoms with Crippen LogP contribution in [0.5, 0.6) is 0 Å². The molecule has 0 spiro atoms. The molecule has 3 aromatic rings. The van der Waals surface area contributed by atoms with Crippen LogP contribution < -0.4 is 0 Å². The van der Waals surface area contributed by atoms with E-state index in [1.54, 1.807) is 24.3 Å². The topological polar surface area (TPSA) is 46.6 Å². The summed E-state index contributed by atoms with van der Waals surface area (Å²) in [7, 11) is 1.37. The summed E-state index contributed by atoms with van der Waals surface area (Å²) in [6, 6.07) is 22.2. The number of carbonyl (C=O) groups excluding carboxylic acids is 2. The highest BCUT2D eigenvalue weighted by Crippen LogP contribution is 2.43. The van der Waals surface area contributed by atoms with Gasteiger partial charge in [-0.05, 0) is 67.3 Å². The lowest BCUT2D eigenvalue weighted by Gasteiger charge is -2.44. The Labute approximate surface area is 240 Å². The Balaban J connectivity index is 1.67. The van der Waals surface area contributed by atoms with Crippen molar-refractivity contribution in [1.29, 1.82) is 0 Å². The summed E-state index contributed by atoms with van der Waals surface area (Å²) in [5.41, 5.74) is 2.44. The summed E-state index contributed by atoms with van der Waals surface area (Å²) in [5.74, 6) is 0.229. The summed E-state index contributed by atoms with van der Waals surface area (Å²) in [5, 5.41) is 0. The van der Waals surface area contributed by atoms with Crippen molar-refractivity contribution in [3.05, 3.63) is 107 Å². The highest BCUT2D eigenvalue weighted by atomic mass is 19.4. The van der Waals surface area contributed by atoms with E-state index in [0.29, 0.717) is 30.0 Å². The van der Waals surface area contributed by atoms with E-state index in [1.807, 2.05) is 42.5 Å². The largest absolute Gasteiger partial charge is 0.469 e. The number of ketones is 1. The lowest BCUT2D eigenvalue weighted by Crippen LogP contribution is -2.40. The Bertz CT molecular complexity index is 1290. The van der Waals surface area contributed by atoms with E-state index in [4.69, 9.17) is 4.74 Å². The van der Waals surface area contributed by atoms with E-state index in [9.17, 15) is 22.8 Å². The summed E-state index contributed by atoms with van der Waals surface area (Å²) in [6.45, 7) is 5.05. The van der Waals surface area contributed by atoms with Crippen molar-refractivity contribution < 1.29 is 27.5 Å². The third-order valence-electron chi connectivity index (χ3n) is 8.07. The maximum absolute atomic E-state index is 13.3. The first-order valence-electron chi connectivity index (χ1n) is 14.3. The SMILES string of the molecule is COC(=O)CC1CCN([C@H](CCC(C)C)c2ccc(C(=O)c3ccccc3)cc2)[C@H](c2ccc(C(F)(F)F)cc2)C1. The van der Waals surface area contributed by atoms with Gasteiger partial charge < -0.3 is 4.74 Å². The second-order valence-electron chi connectivity index (χ2n) is 11.3. The van der Waals surface area contributed by atoms with Crippen molar-refractivity contribution >= 4 is 11.8 Å². The van der Waals surface area contributed by atoms with E-state index >= 15 is 0 Å². The van der Waals surface area contributed by atoms with Crippen LogP contribution in [0.25, 0.3) is 0 Å². The molecule has 4 rings (SSSR count). The molecule has 0 saturated carbocycles. The molecular formula is C34H38F3NO3. The zero-order chi connectivity index (χ0) is 29.6. The predicted octanol–water partition coefficient (Wildman–Crippen LogP) is 8.43. The second kappa shape index (κ2) is 13.5. The molecule has 7 heteroatoms. The number of esters is 1. The average Bonchev–Trinajstić information content (AvgIpc) is 2.97. The Morgan fingerprint density at radius 2 is 1.54 bits per heavy atom. The molecule has 41 heavy (non-hydrogen) atoms. The Morgan fingerprint density at radius 1 is 0.902 bits per heavy atom. The molecule has 0 N–H and O–H groups in total. The molecule has 1 unspecified atom stereocenters. The van der Waals surface area contributed by atoms with Crippen LogP contribution in [0.4, 0.5) is 13.2 Å². The molecule has 1 aliphatic rings. The number of ether oxygens (including phenoxy) is 1. The number of likely N-dealkylation sites (tertiary alicyclic amines) is 1. The zero-order valence-electron chi connectivity index (χ0n) is 23.9. The van der Waals surface area contributed by atoms with Crippen LogP contribution in [0.2, 0.25) is 0 Å². The van der Waals surface area contributed by atoms with Crippen molar-refractivity contribution in [2.45, 2.75) is 64.2 Å². The third kappa shape index (κ3) is 7.85. The first-order valence-corrected chi connectivity index (χ1v) is 14.3. The van der Waals surface area contributed by atoms with Gasteiger partial charge in [-0.3, -0.25) is 14.5 Å². The smallest absolute Gasteiger partial charge is 0.416 e. The van der Waals surface area contributed by atoms with Crippen LogP contribution in [0.15, 0.2) is 78.9 Å². The predicted molar refractivity (Wildman–Crippen MR) is 153 cm³/mol. The quantitative estimate of drug-likeness (QED) is 0.183. The van der Waals surface area contributed by atoms with Crippen molar-refractivity contribution in [2.75, 3.05) is 13.7 Å². The van der Waals surface area contributed by atoms with Gasteiger partial charge in [-0.1, -0.05) is 80.6 Å². The third-order valence-corrected chi connectivity index (χ3v) is 8.07. The van der Waals surface area contributed by atoms with Gasteiger partial charge in [0.25, 0.3) is 0 Å². The van der Waals surface area contributed by atoms with Crippen molar-refractivity contribution in [3.8, 4) is 0 Å². The summed E-state index contributed by atoms with van der Waals surface area (Å²) in [6.07, 6.45) is -0.858. The van der Waals surface area contributed by atoms with Crippen LogP contribution >= 0.6 is 0 Å². The lowest BCUT2D eigenvalue weighted by atomic mass is 9.82. The molecule has 1 fully saturated rings. The van der Waals surface area contributed by atoms with E-state index in [2.05, 4.69) is 18.7 Å². The minimum absolute atomic E-state index is 0.00430. The van der Waals surface area contributed by atoms with Crippen LogP contribution in [-0.4, -0.2) is 30.3 Å². The molecule has 0 bridgehead atoms. The summed E-state index contributed by atoms with van der Waals surface area (Å²) >= 11 is 0. The maximum atomic E-state index is 13.3. The van der Waals surface area contributed by atoms with Gasteiger partial charge >= 0.3 is 12.1 Å². The number of benzene rings is 3. The molecule has 0 amide bonds. The number of methoxy groups -OCH3 is 1. The van der Waals surface area contributed by atoms with Crippen LogP contribution in [0.1, 0.15) is 90.6 Å². The van der Waals surface area contributed by atoms with Crippen molar-refractivity contribution in [3.63, 3.8) is 0 Å². The van der Waals surface area contributed by atoms with Gasteiger partial charge in [0.1, 0.15) is 0 Å². The van der Waals surface area contributed by atoms with Crippen LogP contribution in [0, 0.1) is 11.8 Å². The molecule has 218 valence electrons. The van der Waals surface area contributed by atoms with E-state index in [-0.39, 0.29) is 36.2 Å². The monoisotopic (exact) mass is 565 g/mol. The molecular weight excluding hydrogens is 527 g/mol. The number of alkyl halides is 3. The highest BCUT2D eigenvalue weighted by Gasteiger charge is 2.36. The van der Waals surface area contributed by atoms with Crippen LogP contribution in [-0.2, 0) is 15.7 Å². The fourth-order valence-electron chi connectivity index (χ4n) is 5.78. The average molecular weight is 566 g/mol. The minimum Gasteiger partial charge on any atom is -0.469 e. The number of hydrogen-bond acceptors (Lipinski definition) is 4. The fraction of sp³-hybridized carbons (Fsp3) is 0.412. The molecule has 0 aromatic heterocycles. The Kier molecular flexibility index (Phi) is 10.0. The number of piperidine rings is 1. The molecule has 4 nitrogen and oxygen atoms in total. The molecule has 3 aromatic carbocycles. The fourth-order valence-corrected chi connectivity index (χ4v) is 5.78. The van der Waals surface area contributed by atoms with Crippen LogP contribution in [0.3, 0.4) is 0 Å². The minimum atomic E-state index is -4.41. The normalized spacial score (nSPS) is 18.7. The first-order chi connectivity index (χ1) is 19.6. The molecule has 3 atom stereocenters. The summed E-state index contributed by atoms with van der Waals surface area (Å²) < 4.78 is 44.9. The van der Waals surface area contributed by atoms with Crippen molar-refractivity contribution in [2.24, 2.45) is 11.8 Å². The van der Waals surface area contributed by atoms with E-state index < -0.39 is 11.7 Å². The lowest BCUT2D eigenvalue weighted by molar-refractivity contribution is -0.142. The van der Waals surface area contributed by atoms with Gasteiger partial charge in [0.05, 0.1) is 12.7 Å². The molecule has 1 heterocycles. The Morgan fingerprint density at radius 3 is 2.12 bits per heavy atom. The van der Waals surface area contributed by atoms with Gasteiger partial charge in [-0.2, -0.15) is 13.2 Å². The Hall–Kier alpha value is -3.45. The van der Waals surface area contributed by atoms with Gasteiger partial charge in [0.15, 0.2) is 5.78 Å². The number of rotatable bonds is 10. The van der Waals surface area contributed by atoms with Crippen molar-refractivity contribution in [1.82, 2.24) is 4.90 Å².